The van der Waals surface area contributed by atoms with Crippen molar-refractivity contribution in [2.75, 3.05) is 0 Å². The Hall–Kier alpha value is -1.10. The minimum atomic E-state index is -4.37. The van der Waals surface area contributed by atoms with Crippen molar-refractivity contribution in [3.8, 4) is 0 Å². The summed E-state index contributed by atoms with van der Waals surface area (Å²) in [6.07, 6.45) is 4.27. The zero-order chi connectivity index (χ0) is 12.3. The number of alkyl halides is 3. The summed E-state index contributed by atoms with van der Waals surface area (Å²) in [7, 11) is 0. The number of hydrogen-bond acceptors (Lipinski definition) is 2. The second-order valence-electron chi connectivity index (χ2n) is 3.73. The Kier molecular flexibility index (Phi) is 3.66. The maximum absolute atomic E-state index is 12.1. The molecular weight excluding hydrogens is 249 g/mol. The van der Waals surface area contributed by atoms with Crippen LogP contribution in [0, 0.1) is 0 Å². The summed E-state index contributed by atoms with van der Waals surface area (Å²) in [5.74, 6) is 0.320. The monoisotopic (exact) mass is 260 g/mol. The van der Waals surface area contributed by atoms with Gasteiger partial charge in [-0.2, -0.15) is 13.2 Å². The molecule has 0 saturated heterocycles. The maximum Gasteiger partial charge on any atom is 0.479 e. The highest BCUT2D eigenvalue weighted by Gasteiger charge is 2.32. The first kappa shape index (κ1) is 12.4. The van der Waals surface area contributed by atoms with E-state index in [4.69, 9.17) is 4.18 Å². The molecule has 0 unspecified atom stereocenters. The zero-order valence-electron chi connectivity index (χ0n) is 8.96. The van der Waals surface area contributed by atoms with E-state index in [0.29, 0.717) is 5.76 Å². The van der Waals surface area contributed by atoms with Gasteiger partial charge in [0.2, 0.25) is 0 Å². The average Bonchev–Trinajstić information content (AvgIpc) is 2.47. The van der Waals surface area contributed by atoms with Crippen LogP contribution in [0.1, 0.15) is 24.0 Å². The van der Waals surface area contributed by atoms with Crippen molar-refractivity contribution in [1.29, 1.82) is 0 Å². The molecule has 0 fully saturated rings. The minimum absolute atomic E-state index is 0.320. The number of fused-ring (bicyclic) bond motifs is 1. The van der Waals surface area contributed by atoms with Gasteiger partial charge in [0.1, 0.15) is 5.76 Å². The van der Waals surface area contributed by atoms with Gasteiger partial charge in [0.15, 0.2) is 12.0 Å². The number of rotatable bonds is 2. The maximum atomic E-state index is 12.1. The molecular formula is C12H11F3OS. The summed E-state index contributed by atoms with van der Waals surface area (Å²) in [4.78, 5) is 0. The van der Waals surface area contributed by atoms with Gasteiger partial charge >= 0.3 is 5.51 Å². The van der Waals surface area contributed by atoms with Gasteiger partial charge in [-0.3, -0.25) is 0 Å². The number of allylic oxidation sites excluding steroid dienone is 1. The lowest BCUT2D eigenvalue weighted by Gasteiger charge is -2.11. The quantitative estimate of drug-likeness (QED) is 0.721. The fraction of sp³-hybridized carbons (Fsp3) is 0.333. The first-order valence-electron chi connectivity index (χ1n) is 5.27. The lowest BCUT2D eigenvalue weighted by Crippen LogP contribution is -2.01. The molecule has 0 atom stereocenters. The Morgan fingerprint density at radius 2 is 1.94 bits per heavy atom. The van der Waals surface area contributed by atoms with Gasteiger partial charge in [-0.1, -0.05) is 24.3 Å². The fourth-order valence-electron chi connectivity index (χ4n) is 1.79. The van der Waals surface area contributed by atoms with Gasteiger partial charge in [-0.15, -0.1) is 0 Å². The topological polar surface area (TPSA) is 9.23 Å². The molecule has 17 heavy (non-hydrogen) atoms. The third-order valence-electron chi connectivity index (χ3n) is 2.49. The van der Waals surface area contributed by atoms with Gasteiger partial charge in [0.05, 0.1) is 0 Å². The Labute approximate surface area is 102 Å². The Morgan fingerprint density at radius 1 is 1.18 bits per heavy atom. The molecule has 1 nitrogen and oxygen atoms in total. The molecule has 0 heterocycles. The van der Waals surface area contributed by atoms with E-state index >= 15 is 0 Å². The fourth-order valence-corrected chi connectivity index (χ4v) is 2.13. The number of aryl methyl sites for hydroxylation is 1. The summed E-state index contributed by atoms with van der Waals surface area (Å²) < 4.78 is 41.1. The Bertz CT molecular complexity index is 426. The van der Waals surface area contributed by atoms with Crippen molar-refractivity contribution >= 4 is 17.8 Å². The summed E-state index contributed by atoms with van der Waals surface area (Å²) in [6.45, 7) is 0. The van der Waals surface area contributed by atoms with Gasteiger partial charge in [0.25, 0.3) is 0 Å². The lowest BCUT2D eigenvalue weighted by atomic mass is 10.0. The van der Waals surface area contributed by atoms with E-state index in [-0.39, 0.29) is 0 Å². The molecule has 1 aliphatic rings. The van der Waals surface area contributed by atoms with Crippen LogP contribution < -0.4 is 0 Å². The van der Waals surface area contributed by atoms with Gasteiger partial charge in [-0.25, -0.2) is 0 Å². The molecule has 92 valence electrons. The molecule has 1 aromatic carbocycles. The van der Waals surface area contributed by atoms with Crippen LogP contribution in [0.3, 0.4) is 0 Å². The molecule has 0 bridgehead atoms. The van der Waals surface area contributed by atoms with E-state index in [9.17, 15) is 13.2 Å². The van der Waals surface area contributed by atoms with E-state index in [1.54, 1.807) is 18.2 Å². The standard InChI is InChI=1S/C12H11F3OS/c13-12(14,15)17-16-11-8-4-2-6-9-5-1-3-7-10(9)11/h1,3,5,7-8H,2,4,6H2. The summed E-state index contributed by atoms with van der Waals surface area (Å²) in [5, 5.41) is 0. The summed E-state index contributed by atoms with van der Waals surface area (Å²) in [5.41, 5.74) is -2.57. The molecule has 0 aliphatic heterocycles. The van der Waals surface area contributed by atoms with Crippen LogP contribution in [0.4, 0.5) is 13.2 Å². The van der Waals surface area contributed by atoms with E-state index in [2.05, 4.69) is 0 Å². The molecule has 0 spiro atoms. The normalized spacial score (nSPS) is 15.8. The molecule has 1 aromatic rings. The van der Waals surface area contributed by atoms with Crippen LogP contribution in [-0.4, -0.2) is 5.51 Å². The van der Waals surface area contributed by atoms with E-state index < -0.39 is 17.6 Å². The zero-order valence-corrected chi connectivity index (χ0v) is 9.77. The number of benzene rings is 1. The highest BCUT2D eigenvalue weighted by molar-refractivity contribution is 7.95. The first-order chi connectivity index (χ1) is 8.06. The second-order valence-corrected chi connectivity index (χ2v) is 4.53. The van der Waals surface area contributed by atoms with Crippen LogP contribution in [0.25, 0.3) is 5.76 Å². The summed E-state index contributed by atoms with van der Waals surface area (Å²) >= 11 is -0.455. The molecule has 1 aliphatic carbocycles. The van der Waals surface area contributed by atoms with E-state index in [1.165, 1.54) is 0 Å². The summed E-state index contributed by atoms with van der Waals surface area (Å²) in [6, 6.07) is 7.41. The van der Waals surface area contributed by atoms with Crippen molar-refractivity contribution < 1.29 is 17.4 Å². The third kappa shape index (κ3) is 3.43. The van der Waals surface area contributed by atoms with Crippen LogP contribution in [0.15, 0.2) is 30.3 Å². The lowest BCUT2D eigenvalue weighted by molar-refractivity contribution is -0.0375. The van der Waals surface area contributed by atoms with Crippen molar-refractivity contribution in [3.05, 3.63) is 41.5 Å². The first-order valence-corrected chi connectivity index (χ1v) is 6.01. The van der Waals surface area contributed by atoms with Gasteiger partial charge < -0.3 is 4.18 Å². The van der Waals surface area contributed by atoms with Crippen molar-refractivity contribution in [3.63, 3.8) is 0 Å². The predicted molar refractivity (Wildman–Crippen MR) is 62.1 cm³/mol. The minimum Gasteiger partial charge on any atom is -0.417 e. The van der Waals surface area contributed by atoms with Crippen LogP contribution in [0.5, 0.6) is 0 Å². The molecule has 2 rings (SSSR count). The Balaban J connectivity index is 2.19. The SMILES string of the molecule is FC(F)(F)SOC1=CCCCc2ccccc21. The molecule has 5 heteroatoms. The molecule has 0 radical (unpaired) electrons. The van der Waals surface area contributed by atoms with Crippen molar-refractivity contribution in [2.45, 2.75) is 24.8 Å². The smallest absolute Gasteiger partial charge is 0.417 e. The second kappa shape index (κ2) is 5.04. The van der Waals surface area contributed by atoms with Crippen molar-refractivity contribution in [2.24, 2.45) is 0 Å². The van der Waals surface area contributed by atoms with Crippen LogP contribution in [0.2, 0.25) is 0 Å². The largest absolute Gasteiger partial charge is 0.479 e. The number of hydrogen-bond donors (Lipinski definition) is 0. The van der Waals surface area contributed by atoms with E-state index in [1.807, 2.05) is 12.1 Å². The Morgan fingerprint density at radius 3 is 2.71 bits per heavy atom. The highest BCUT2D eigenvalue weighted by atomic mass is 32.2. The average molecular weight is 260 g/mol. The molecule has 0 aromatic heterocycles. The van der Waals surface area contributed by atoms with Crippen LogP contribution >= 0.6 is 12.0 Å². The van der Waals surface area contributed by atoms with Crippen molar-refractivity contribution in [1.82, 2.24) is 0 Å². The highest BCUT2D eigenvalue weighted by Crippen LogP contribution is 2.37. The van der Waals surface area contributed by atoms with Gasteiger partial charge in [0, 0.05) is 5.56 Å². The van der Waals surface area contributed by atoms with E-state index in [0.717, 1.165) is 30.4 Å². The van der Waals surface area contributed by atoms with Crippen LogP contribution in [-0.2, 0) is 10.6 Å². The third-order valence-corrected chi connectivity index (χ3v) is 2.94. The molecule has 0 saturated carbocycles. The number of halogens is 3. The molecule has 0 N–H and O–H groups in total. The predicted octanol–water partition coefficient (Wildman–Crippen LogP) is 4.55. The molecule has 0 amide bonds. The van der Waals surface area contributed by atoms with Gasteiger partial charge in [-0.05, 0) is 30.9 Å².